The van der Waals surface area contributed by atoms with E-state index >= 15 is 0 Å². The number of halogens is 2. The SMILES string of the molecule is CNC1CCN(Cc2cc(Cl)ccc2F)CC1. The third-order valence-electron chi connectivity index (χ3n) is 3.40. The molecule has 1 aliphatic rings. The molecule has 1 saturated heterocycles. The number of rotatable bonds is 3. The van der Waals surface area contributed by atoms with Crippen LogP contribution in [0.2, 0.25) is 5.02 Å². The van der Waals surface area contributed by atoms with Crippen molar-refractivity contribution in [3.05, 3.63) is 34.6 Å². The molecule has 1 aromatic rings. The third kappa shape index (κ3) is 3.41. The van der Waals surface area contributed by atoms with Gasteiger partial charge in [-0.2, -0.15) is 0 Å². The number of nitrogens with zero attached hydrogens (tertiary/aromatic N) is 1. The highest BCUT2D eigenvalue weighted by molar-refractivity contribution is 6.30. The second-order valence-electron chi connectivity index (χ2n) is 4.57. The lowest BCUT2D eigenvalue weighted by Crippen LogP contribution is -2.40. The molecule has 2 rings (SSSR count). The highest BCUT2D eigenvalue weighted by Gasteiger charge is 2.18. The van der Waals surface area contributed by atoms with Gasteiger partial charge in [-0.05, 0) is 51.2 Å². The van der Waals surface area contributed by atoms with E-state index in [-0.39, 0.29) is 5.82 Å². The summed E-state index contributed by atoms with van der Waals surface area (Å²) in [6.45, 7) is 2.68. The fourth-order valence-electron chi connectivity index (χ4n) is 2.29. The first-order valence-electron chi connectivity index (χ1n) is 6.02. The number of benzene rings is 1. The Balaban J connectivity index is 1.95. The van der Waals surface area contributed by atoms with Crippen molar-refractivity contribution in [1.29, 1.82) is 0 Å². The van der Waals surface area contributed by atoms with Crippen molar-refractivity contribution in [1.82, 2.24) is 10.2 Å². The van der Waals surface area contributed by atoms with E-state index in [0.717, 1.165) is 25.9 Å². The van der Waals surface area contributed by atoms with Gasteiger partial charge >= 0.3 is 0 Å². The van der Waals surface area contributed by atoms with Gasteiger partial charge in [0.1, 0.15) is 5.82 Å². The van der Waals surface area contributed by atoms with Crippen molar-refractivity contribution in [2.24, 2.45) is 0 Å². The van der Waals surface area contributed by atoms with Crippen LogP contribution in [0, 0.1) is 5.82 Å². The fraction of sp³-hybridized carbons (Fsp3) is 0.538. The molecule has 94 valence electrons. The Bertz CT molecular complexity index is 376. The minimum absolute atomic E-state index is 0.162. The molecule has 1 aliphatic heterocycles. The van der Waals surface area contributed by atoms with Gasteiger partial charge in [-0.25, -0.2) is 4.39 Å². The molecular weight excluding hydrogens is 239 g/mol. The Morgan fingerprint density at radius 1 is 1.41 bits per heavy atom. The van der Waals surface area contributed by atoms with E-state index < -0.39 is 0 Å². The highest BCUT2D eigenvalue weighted by atomic mass is 35.5. The Labute approximate surface area is 107 Å². The molecule has 17 heavy (non-hydrogen) atoms. The number of nitrogens with one attached hydrogen (secondary N) is 1. The van der Waals surface area contributed by atoms with E-state index in [1.54, 1.807) is 12.1 Å². The van der Waals surface area contributed by atoms with Crippen LogP contribution in [0.3, 0.4) is 0 Å². The summed E-state index contributed by atoms with van der Waals surface area (Å²) in [7, 11) is 2.00. The molecule has 1 aromatic carbocycles. The predicted octanol–water partition coefficient (Wildman–Crippen LogP) is 2.66. The smallest absolute Gasteiger partial charge is 0.127 e. The molecule has 1 fully saturated rings. The van der Waals surface area contributed by atoms with Crippen LogP contribution >= 0.6 is 11.6 Å². The summed E-state index contributed by atoms with van der Waals surface area (Å²) >= 11 is 5.88. The van der Waals surface area contributed by atoms with Gasteiger partial charge in [0.05, 0.1) is 0 Å². The van der Waals surface area contributed by atoms with Crippen LogP contribution in [0.15, 0.2) is 18.2 Å². The molecule has 1 N–H and O–H groups in total. The molecule has 0 bridgehead atoms. The maximum absolute atomic E-state index is 13.6. The Morgan fingerprint density at radius 2 is 2.12 bits per heavy atom. The second-order valence-corrected chi connectivity index (χ2v) is 5.01. The zero-order valence-electron chi connectivity index (χ0n) is 10.0. The Kier molecular flexibility index (Phi) is 4.37. The van der Waals surface area contributed by atoms with Crippen LogP contribution in [-0.4, -0.2) is 31.1 Å². The van der Waals surface area contributed by atoms with Crippen LogP contribution in [0.4, 0.5) is 4.39 Å². The van der Waals surface area contributed by atoms with E-state index in [1.807, 2.05) is 7.05 Å². The lowest BCUT2D eigenvalue weighted by Gasteiger charge is -2.31. The molecule has 0 saturated carbocycles. The van der Waals surface area contributed by atoms with E-state index in [1.165, 1.54) is 6.07 Å². The lowest BCUT2D eigenvalue weighted by molar-refractivity contribution is 0.192. The average molecular weight is 257 g/mol. The first kappa shape index (κ1) is 12.8. The number of hydrogen-bond acceptors (Lipinski definition) is 2. The topological polar surface area (TPSA) is 15.3 Å². The number of piperidine rings is 1. The van der Waals surface area contributed by atoms with Gasteiger partial charge in [0.25, 0.3) is 0 Å². The largest absolute Gasteiger partial charge is 0.317 e. The molecule has 4 heteroatoms. The van der Waals surface area contributed by atoms with E-state index in [0.29, 0.717) is 23.2 Å². The maximum Gasteiger partial charge on any atom is 0.127 e. The van der Waals surface area contributed by atoms with Crippen LogP contribution in [0.1, 0.15) is 18.4 Å². The molecule has 0 radical (unpaired) electrons. The van der Waals surface area contributed by atoms with Gasteiger partial charge in [0, 0.05) is 23.2 Å². The fourth-order valence-corrected chi connectivity index (χ4v) is 2.48. The standard InChI is InChI=1S/C13H18ClFN2/c1-16-12-4-6-17(7-5-12)9-10-8-11(14)2-3-13(10)15/h2-3,8,12,16H,4-7,9H2,1H3. The molecule has 0 aromatic heterocycles. The second kappa shape index (κ2) is 5.80. The van der Waals surface area contributed by atoms with Crippen molar-refractivity contribution in [2.75, 3.05) is 20.1 Å². The maximum atomic E-state index is 13.6. The van der Waals surface area contributed by atoms with Crippen LogP contribution in [-0.2, 0) is 6.54 Å². The molecule has 0 unspecified atom stereocenters. The van der Waals surface area contributed by atoms with Gasteiger partial charge in [0.2, 0.25) is 0 Å². The quantitative estimate of drug-likeness (QED) is 0.895. The molecule has 0 atom stereocenters. The summed E-state index contributed by atoms with van der Waals surface area (Å²) in [6, 6.07) is 5.36. The van der Waals surface area contributed by atoms with E-state index in [4.69, 9.17) is 11.6 Å². The molecule has 2 nitrogen and oxygen atoms in total. The van der Waals surface area contributed by atoms with E-state index in [9.17, 15) is 4.39 Å². The first-order chi connectivity index (χ1) is 8.19. The normalized spacial score (nSPS) is 18.5. The van der Waals surface area contributed by atoms with Crippen molar-refractivity contribution in [3.8, 4) is 0 Å². The zero-order valence-corrected chi connectivity index (χ0v) is 10.8. The highest BCUT2D eigenvalue weighted by Crippen LogP contribution is 2.19. The van der Waals surface area contributed by atoms with Gasteiger partial charge in [0.15, 0.2) is 0 Å². The Hall–Kier alpha value is -0.640. The van der Waals surface area contributed by atoms with Crippen molar-refractivity contribution in [2.45, 2.75) is 25.4 Å². The number of hydrogen-bond donors (Lipinski definition) is 1. The third-order valence-corrected chi connectivity index (χ3v) is 3.63. The van der Waals surface area contributed by atoms with Crippen LogP contribution < -0.4 is 5.32 Å². The van der Waals surface area contributed by atoms with Gasteiger partial charge in [-0.1, -0.05) is 11.6 Å². The minimum atomic E-state index is -0.162. The van der Waals surface area contributed by atoms with Crippen LogP contribution in [0.25, 0.3) is 0 Å². The molecule has 0 amide bonds. The lowest BCUT2D eigenvalue weighted by atomic mass is 10.0. The molecule has 0 spiro atoms. The molecule has 0 aliphatic carbocycles. The van der Waals surface area contributed by atoms with Crippen LogP contribution in [0.5, 0.6) is 0 Å². The Morgan fingerprint density at radius 3 is 2.76 bits per heavy atom. The van der Waals surface area contributed by atoms with Gasteiger partial charge < -0.3 is 5.32 Å². The summed E-state index contributed by atoms with van der Waals surface area (Å²) in [5, 5.41) is 3.89. The zero-order chi connectivity index (χ0) is 12.3. The minimum Gasteiger partial charge on any atom is -0.317 e. The molecule has 1 heterocycles. The average Bonchev–Trinajstić information content (AvgIpc) is 2.35. The van der Waals surface area contributed by atoms with Gasteiger partial charge in [-0.3, -0.25) is 4.90 Å². The monoisotopic (exact) mass is 256 g/mol. The molecular formula is C13H18ClFN2. The van der Waals surface area contributed by atoms with Gasteiger partial charge in [-0.15, -0.1) is 0 Å². The van der Waals surface area contributed by atoms with Crippen molar-refractivity contribution in [3.63, 3.8) is 0 Å². The van der Waals surface area contributed by atoms with Crippen molar-refractivity contribution >= 4 is 11.6 Å². The van der Waals surface area contributed by atoms with E-state index in [2.05, 4.69) is 10.2 Å². The first-order valence-corrected chi connectivity index (χ1v) is 6.40. The summed E-state index contributed by atoms with van der Waals surface area (Å²) < 4.78 is 13.6. The van der Waals surface area contributed by atoms with Crippen molar-refractivity contribution < 1.29 is 4.39 Å². The summed E-state index contributed by atoms with van der Waals surface area (Å²) in [5.41, 5.74) is 0.695. The predicted molar refractivity (Wildman–Crippen MR) is 68.8 cm³/mol. The summed E-state index contributed by atoms with van der Waals surface area (Å²) in [4.78, 5) is 2.28. The summed E-state index contributed by atoms with van der Waals surface area (Å²) in [6.07, 6.45) is 2.25. The number of likely N-dealkylation sites (tertiary alicyclic amines) is 1. The summed E-state index contributed by atoms with van der Waals surface area (Å²) in [5.74, 6) is -0.162.